The van der Waals surface area contributed by atoms with Crippen molar-refractivity contribution in [3.63, 3.8) is 0 Å². The van der Waals surface area contributed by atoms with E-state index in [0.29, 0.717) is 11.3 Å². The lowest BCUT2D eigenvalue weighted by Gasteiger charge is -2.13. The predicted molar refractivity (Wildman–Crippen MR) is 89.7 cm³/mol. The number of anilines is 1. The molecule has 6 nitrogen and oxygen atoms in total. The standard InChI is InChI=1S/C17H13ClN2O4/c1-24-14-9-10(8-13(18)15(14)21)7-12-16(22)19-20(17(12)23)11-5-3-2-4-6-11/h2-9,21H,1H3,(H,19,22). The summed E-state index contributed by atoms with van der Waals surface area (Å²) in [7, 11) is 1.38. The zero-order valence-electron chi connectivity index (χ0n) is 12.6. The van der Waals surface area contributed by atoms with E-state index in [9.17, 15) is 14.7 Å². The normalized spacial score (nSPS) is 15.8. The Kier molecular flexibility index (Phi) is 4.14. The first kappa shape index (κ1) is 15.9. The number of carbonyl (C=O) groups is 2. The van der Waals surface area contributed by atoms with Crippen molar-refractivity contribution in [1.29, 1.82) is 0 Å². The van der Waals surface area contributed by atoms with Gasteiger partial charge in [-0.15, -0.1) is 0 Å². The van der Waals surface area contributed by atoms with Crippen LogP contribution in [0.3, 0.4) is 0 Å². The highest BCUT2D eigenvalue weighted by Crippen LogP contribution is 2.35. The molecule has 1 aliphatic heterocycles. The molecule has 2 amide bonds. The van der Waals surface area contributed by atoms with Gasteiger partial charge in [0.15, 0.2) is 11.5 Å². The van der Waals surface area contributed by atoms with Crippen molar-refractivity contribution in [2.75, 3.05) is 12.1 Å². The van der Waals surface area contributed by atoms with Crippen LogP contribution < -0.4 is 15.2 Å². The van der Waals surface area contributed by atoms with Crippen LogP contribution in [0.4, 0.5) is 5.69 Å². The lowest BCUT2D eigenvalue weighted by atomic mass is 10.1. The smallest absolute Gasteiger partial charge is 0.282 e. The number of hydrogen-bond acceptors (Lipinski definition) is 4. The largest absolute Gasteiger partial charge is 0.503 e. The molecule has 0 spiro atoms. The number of hydrazine groups is 1. The molecule has 2 aromatic rings. The molecule has 0 bridgehead atoms. The third-order valence-electron chi connectivity index (χ3n) is 3.49. The summed E-state index contributed by atoms with van der Waals surface area (Å²) in [4.78, 5) is 24.6. The second kappa shape index (κ2) is 6.25. The summed E-state index contributed by atoms with van der Waals surface area (Å²) in [6, 6.07) is 11.7. The SMILES string of the molecule is COc1cc(C=C2C(=O)NN(c3ccccc3)C2=O)cc(Cl)c1O. The molecule has 1 saturated heterocycles. The number of ether oxygens (including phenoxy) is 1. The van der Waals surface area contributed by atoms with E-state index in [4.69, 9.17) is 16.3 Å². The molecule has 122 valence electrons. The van der Waals surface area contributed by atoms with Gasteiger partial charge in [0.05, 0.1) is 17.8 Å². The molecule has 0 aliphatic carbocycles. The Labute approximate surface area is 142 Å². The van der Waals surface area contributed by atoms with Crippen molar-refractivity contribution in [3.05, 3.63) is 58.6 Å². The number of methoxy groups -OCH3 is 1. The number of benzene rings is 2. The molecule has 24 heavy (non-hydrogen) atoms. The number of aromatic hydroxyl groups is 1. The highest BCUT2D eigenvalue weighted by atomic mass is 35.5. The number of halogens is 1. The Morgan fingerprint density at radius 1 is 1.21 bits per heavy atom. The minimum atomic E-state index is -0.521. The van der Waals surface area contributed by atoms with Crippen LogP contribution in [0, 0.1) is 0 Å². The van der Waals surface area contributed by atoms with Gasteiger partial charge in [0, 0.05) is 0 Å². The van der Waals surface area contributed by atoms with Crippen molar-refractivity contribution >= 4 is 35.2 Å². The Balaban J connectivity index is 1.98. The van der Waals surface area contributed by atoms with Crippen LogP contribution in [-0.2, 0) is 9.59 Å². The summed E-state index contributed by atoms with van der Waals surface area (Å²) >= 11 is 5.93. The fourth-order valence-electron chi connectivity index (χ4n) is 2.32. The van der Waals surface area contributed by atoms with Crippen molar-refractivity contribution < 1.29 is 19.4 Å². The Morgan fingerprint density at radius 3 is 2.58 bits per heavy atom. The van der Waals surface area contributed by atoms with Crippen LogP contribution in [-0.4, -0.2) is 24.0 Å². The zero-order chi connectivity index (χ0) is 17.3. The van der Waals surface area contributed by atoms with Crippen molar-refractivity contribution in [2.45, 2.75) is 0 Å². The maximum atomic E-state index is 12.5. The third-order valence-corrected chi connectivity index (χ3v) is 3.78. The molecule has 2 aromatic carbocycles. The minimum Gasteiger partial charge on any atom is -0.503 e. The Hall–Kier alpha value is -2.99. The van der Waals surface area contributed by atoms with Crippen LogP contribution in [0.25, 0.3) is 6.08 Å². The topological polar surface area (TPSA) is 78.9 Å². The highest BCUT2D eigenvalue weighted by Gasteiger charge is 2.34. The fraction of sp³-hybridized carbons (Fsp3) is 0.0588. The van der Waals surface area contributed by atoms with E-state index in [2.05, 4.69) is 5.43 Å². The first-order valence-electron chi connectivity index (χ1n) is 7.00. The molecule has 2 N–H and O–H groups in total. The van der Waals surface area contributed by atoms with E-state index >= 15 is 0 Å². The van der Waals surface area contributed by atoms with Gasteiger partial charge in [0.1, 0.15) is 5.57 Å². The van der Waals surface area contributed by atoms with E-state index in [0.717, 1.165) is 0 Å². The van der Waals surface area contributed by atoms with Crippen molar-refractivity contribution in [1.82, 2.24) is 5.43 Å². The maximum Gasteiger partial charge on any atom is 0.282 e. The number of nitrogens with zero attached hydrogens (tertiary/aromatic N) is 1. The van der Waals surface area contributed by atoms with Gasteiger partial charge in [-0.25, -0.2) is 5.01 Å². The van der Waals surface area contributed by atoms with Crippen molar-refractivity contribution in [2.24, 2.45) is 0 Å². The predicted octanol–water partition coefficient (Wildman–Crippen LogP) is 2.52. The molecule has 0 unspecified atom stereocenters. The number of amides is 2. The first-order valence-corrected chi connectivity index (χ1v) is 7.37. The average molecular weight is 345 g/mol. The van der Waals surface area contributed by atoms with Gasteiger partial charge in [0.25, 0.3) is 11.8 Å². The molecule has 0 saturated carbocycles. The summed E-state index contributed by atoms with van der Waals surface area (Å²) in [5.74, 6) is -1.05. The van der Waals surface area contributed by atoms with Gasteiger partial charge in [0.2, 0.25) is 0 Å². The van der Waals surface area contributed by atoms with Crippen LogP contribution in [0.15, 0.2) is 48.0 Å². The van der Waals surface area contributed by atoms with Crippen LogP contribution >= 0.6 is 11.6 Å². The monoisotopic (exact) mass is 344 g/mol. The first-order chi connectivity index (χ1) is 11.5. The Bertz CT molecular complexity index is 849. The molecule has 1 fully saturated rings. The van der Waals surface area contributed by atoms with Gasteiger partial charge in [-0.3, -0.25) is 15.0 Å². The molecule has 0 aromatic heterocycles. The van der Waals surface area contributed by atoms with Gasteiger partial charge in [-0.05, 0) is 35.9 Å². The lowest BCUT2D eigenvalue weighted by molar-refractivity contribution is -0.117. The number of para-hydroxylation sites is 1. The maximum absolute atomic E-state index is 12.5. The van der Waals surface area contributed by atoms with Crippen LogP contribution in [0.1, 0.15) is 5.56 Å². The molecular formula is C17H13ClN2O4. The highest BCUT2D eigenvalue weighted by molar-refractivity contribution is 6.33. The number of phenolic OH excluding ortho intramolecular Hbond substituents is 1. The fourth-order valence-corrected chi connectivity index (χ4v) is 2.53. The summed E-state index contributed by atoms with van der Waals surface area (Å²) in [6.07, 6.45) is 1.40. The lowest BCUT2D eigenvalue weighted by Crippen LogP contribution is -2.35. The quantitative estimate of drug-likeness (QED) is 0.662. The molecule has 7 heteroatoms. The molecule has 1 aliphatic rings. The number of rotatable bonds is 3. The van der Waals surface area contributed by atoms with Crippen molar-refractivity contribution in [3.8, 4) is 11.5 Å². The van der Waals surface area contributed by atoms with Crippen LogP contribution in [0.2, 0.25) is 5.02 Å². The molecular weight excluding hydrogens is 332 g/mol. The number of hydrogen-bond donors (Lipinski definition) is 2. The van der Waals surface area contributed by atoms with Gasteiger partial charge < -0.3 is 9.84 Å². The third kappa shape index (κ3) is 2.79. The molecule has 0 atom stereocenters. The number of nitrogens with one attached hydrogen (secondary N) is 1. The van der Waals surface area contributed by atoms with Crippen LogP contribution in [0.5, 0.6) is 11.5 Å². The van der Waals surface area contributed by atoms with E-state index in [1.165, 1.54) is 30.3 Å². The second-order valence-electron chi connectivity index (χ2n) is 5.03. The van der Waals surface area contributed by atoms with Gasteiger partial charge >= 0.3 is 0 Å². The average Bonchev–Trinajstić information content (AvgIpc) is 2.87. The minimum absolute atomic E-state index is 0.0392. The Morgan fingerprint density at radius 2 is 1.92 bits per heavy atom. The van der Waals surface area contributed by atoms with E-state index < -0.39 is 11.8 Å². The molecule has 0 radical (unpaired) electrons. The number of phenols is 1. The van der Waals surface area contributed by atoms with E-state index in [1.54, 1.807) is 24.3 Å². The number of carbonyl (C=O) groups excluding carboxylic acids is 2. The summed E-state index contributed by atoms with van der Waals surface area (Å²) in [5, 5.41) is 11.0. The molecule has 3 rings (SSSR count). The summed E-state index contributed by atoms with van der Waals surface area (Å²) < 4.78 is 5.02. The summed E-state index contributed by atoms with van der Waals surface area (Å²) in [5.41, 5.74) is 3.49. The molecule has 1 heterocycles. The van der Waals surface area contributed by atoms with E-state index in [1.807, 2.05) is 6.07 Å². The summed E-state index contributed by atoms with van der Waals surface area (Å²) in [6.45, 7) is 0. The zero-order valence-corrected chi connectivity index (χ0v) is 13.4. The van der Waals surface area contributed by atoms with Gasteiger partial charge in [-0.2, -0.15) is 0 Å². The van der Waals surface area contributed by atoms with Gasteiger partial charge in [-0.1, -0.05) is 29.8 Å². The van der Waals surface area contributed by atoms with E-state index in [-0.39, 0.29) is 22.1 Å². The second-order valence-corrected chi connectivity index (χ2v) is 5.44.